The SMILES string of the molecule is Cc1c(P)cc2nc3c(c4c2c1CCC4)Cn1c-3cc2c(c1=O)CCC(=O)C2O. The monoisotopic (exact) mass is 404 g/mol. The van der Waals surface area contributed by atoms with Crippen LogP contribution in [0.3, 0.4) is 0 Å². The number of aliphatic hydroxyl groups is 1. The Balaban J connectivity index is 1.68. The highest BCUT2D eigenvalue weighted by atomic mass is 31.0. The van der Waals surface area contributed by atoms with Gasteiger partial charge in [0.05, 0.1) is 23.4 Å². The Kier molecular flexibility index (Phi) is 3.52. The zero-order valence-electron chi connectivity index (χ0n) is 16.2. The maximum Gasteiger partial charge on any atom is 0.254 e. The Morgan fingerprint density at radius 3 is 2.69 bits per heavy atom. The van der Waals surface area contributed by atoms with E-state index in [1.807, 2.05) is 6.07 Å². The number of carbonyl (C=O) groups is 1. The summed E-state index contributed by atoms with van der Waals surface area (Å²) in [5, 5.41) is 12.8. The number of ketones is 1. The second kappa shape index (κ2) is 5.84. The minimum atomic E-state index is -1.20. The number of aryl methyl sites for hydroxylation is 2. The van der Waals surface area contributed by atoms with Crippen LogP contribution in [-0.2, 0) is 30.6 Å². The highest BCUT2D eigenvalue weighted by Gasteiger charge is 2.34. The van der Waals surface area contributed by atoms with Gasteiger partial charge in [-0.3, -0.25) is 9.59 Å². The van der Waals surface area contributed by atoms with E-state index < -0.39 is 6.10 Å². The molecule has 2 aromatic heterocycles. The predicted octanol–water partition coefficient (Wildman–Crippen LogP) is 2.27. The molecule has 29 heavy (non-hydrogen) atoms. The first-order valence-electron chi connectivity index (χ1n) is 10.2. The second-order valence-electron chi connectivity index (χ2n) is 8.46. The van der Waals surface area contributed by atoms with Crippen molar-refractivity contribution in [2.24, 2.45) is 0 Å². The average molecular weight is 404 g/mol. The van der Waals surface area contributed by atoms with Gasteiger partial charge >= 0.3 is 0 Å². The number of pyridine rings is 2. The summed E-state index contributed by atoms with van der Waals surface area (Å²) in [6.45, 7) is 2.70. The Morgan fingerprint density at radius 1 is 1.07 bits per heavy atom. The molecule has 0 saturated heterocycles. The minimum Gasteiger partial charge on any atom is -0.381 e. The first-order chi connectivity index (χ1) is 14.0. The van der Waals surface area contributed by atoms with Crippen molar-refractivity contribution in [2.45, 2.75) is 51.7 Å². The van der Waals surface area contributed by atoms with Crippen molar-refractivity contribution in [2.75, 3.05) is 0 Å². The van der Waals surface area contributed by atoms with E-state index >= 15 is 0 Å². The summed E-state index contributed by atoms with van der Waals surface area (Å²) in [5.41, 5.74) is 8.64. The molecule has 6 heteroatoms. The van der Waals surface area contributed by atoms with Crippen LogP contribution in [0, 0.1) is 6.92 Å². The summed E-state index contributed by atoms with van der Waals surface area (Å²) in [7, 11) is 2.82. The first kappa shape index (κ1) is 17.5. The molecule has 3 aromatic rings. The van der Waals surface area contributed by atoms with Crippen molar-refractivity contribution in [3.63, 3.8) is 0 Å². The lowest BCUT2D eigenvalue weighted by molar-refractivity contribution is -0.128. The first-order valence-corrected chi connectivity index (χ1v) is 10.7. The molecule has 0 amide bonds. The average Bonchev–Trinajstić information content (AvgIpc) is 3.08. The summed E-state index contributed by atoms with van der Waals surface area (Å²) >= 11 is 0. The van der Waals surface area contributed by atoms with Crippen LogP contribution in [0.25, 0.3) is 22.3 Å². The van der Waals surface area contributed by atoms with Crippen molar-refractivity contribution in [3.05, 3.63) is 55.9 Å². The van der Waals surface area contributed by atoms with E-state index in [1.54, 1.807) is 4.57 Å². The van der Waals surface area contributed by atoms with Crippen LogP contribution in [0.15, 0.2) is 16.9 Å². The number of hydrogen-bond donors (Lipinski definition) is 1. The highest BCUT2D eigenvalue weighted by molar-refractivity contribution is 7.27. The molecule has 146 valence electrons. The van der Waals surface area contributed by atoms with E-state index in [9.17, 15) is 14.7 Å². The van der Waals surface area contributed by atoms with E-state index in [4.69, 9.17) is 4.98 Å². The van der Waals surface area contributed by atoms with Gasteiger partial charge in [-0.15, -0.1) is 9.24 Å². The lowest BCUT2D eigenvalue weighted by atomic mass is 9.85. The number of benzene rings is 1. The number of rotatable bonds is 0. The van der Waals surface area contributed by atoms with Gasteiger partial charge < -0.3 is 9.67 Å². The van der Waals surface area contributed by atoms with Crippen LogP contribution in [-0.4, -0.2) is 20.4 Å². The van der Waals surface area contributed by atoms with Crippen molar-refractivity contribution in [3.8, 4) is 11.4 Å². The molecule has 0 saturated carbocycles. The zero-order valence-corrected chi connectivity index (χ0v) is 17.4. The van der Waals surface area contributed by atoms with Gasteiger partial charge in [-0.1, -0.05) is 0 Å². The lowest BCUT2D eigenvalue weighted by Crippen LogP contribution is -2.31. The van der Waals surface area contributed by atoms with Gasteiger partial charge in [0.15, 0.2) is 5.78 Å². The lowest BCUT2D eigenvalue weighted by Gasteiger charge is -2.22. The fraction of sp³-hybridized carbons (Fsp3) is 0.348. The van der Waals surface area contributed by atoms with Gasteiger partial charge in [0.25, 0.3) is 5.56 Å². The van der Waals surface area contributed by atoms with Gasteiger partial charge in [-0.05, 0) is 72.3 Å². The number of carbonyl (C=O) groups excluding carboxylic acids is 1. The van der Waals surface area contributed by atoms with Gasteiger partial charge in [-0.2, -0.15) is 0 Å². The third-order valence-electron chi connectivity index (χ3n) is 6.99. The van der Waals surface area contributed by atoms with E-state index in [-0.39, 0.29) is 17.8 Å². The highest BCUT2D eigenvalue weighted by Crippen LogP contribution is 2.41. The molecule has 2 atom stereocenters. The van der Waals surface area contributed by atoms with Gasteiger partial charge in [0, 0.05) is 22.9 Å². The number of aromatic nitrogens is 2. The van der Waals surface area contributed by atoms with Crippen molar-refractivity contribution >= 4 is 31.2 Å². The molecule has 5 nitrogen and oxygen atoms in total. The molecule has 0 radical (unpaired) electrons. The molecule has 2 aliphatic carbocycles. The molecule has 0 spiro atoms. The normalized spacial score (nSPS) is 19.3. The topological polar surface area (TPSA) is 72.2 Å². The molecule has 1 aliphatic heterocycles. The number of aliphatic hydroxyl groups excluding tert-OH is 1. The molecule has 2 unspecified atom stereocenters. The maximum atomic E-state index is 13.2. The van der Waals surface area contributed by atoms with Gasteiger partial charge in [0.1, 0.15) is 6.10 Å². The van der Waals surface area contributed by atoms with Crippen molar-refractivity contribution in [1.29, 1.82) is 0 Å². The number of Topliss-reactive ketones (excluding diaryl/α,β-unsaturated/α-hetero) is 1. The quantitative estimate of drug-likeness (QED) is 0.457. The van der Waals surface area contributed by atoms with E-state index in [2.05, 4.69) is 22.2 Å². The van der Waals surface area contributed by atoms with Crippen LogP contribution in [0.1, 0.15) is 52.3 Å². The van der Waals surface area contributed by atoms with Gasteiger partial charge in [-0.25, -0.2) is 4.98 Å². The number of hydrogen-bond acceptors (Lipinski definition) is 4. The summed E-state index contributed by atoms with van der Waals surface area (Å²) in [4.78, 5) is 30.2. The fourth-order valence-electron chi connectivity index (χ4n) is 5.44. The van der Waals surface area contributed by atoms with Crippen LogP contribution in [0.5, 0.6) is 0 Å². The smallest absolute Gasteiger partial charge is 0.254 e. The molecule has 6 rings (SSSR count). The molecule has 3 heterocycles. The number of nitrogens with zero attached hydrogens (tertiary/aromatic N) is 2. The van der Waals surface area contributed by atoms with E-state index in [1.165, 1.54) is 22.1 Å². The Morgan fingerprint density at radius 2 is 1.86 bits per heavy atom. The van der Waals surface area contributed by atoms with E-state index in [0.29, 0.717) is 24.1 Å². The predicted molar refractivity (Wildman–Crippen MR) is 115 cm³/mol. The Hall–Kier alpha value is -2.36. The largest absolute Gasteiger partial charge is 0.381 e. The van der Waals surface area contributed by atoms with Crippen LogP contribution >= 0.6 is 9.24 Å². The van der Waals surface area contributed by atoms with E-state index in [0.717, 1.165) is 47.0 Å². The Bertz CT molecular complexity index is 1340. The second-order valence-corrected chi connectivity index (χ2v) is 9.08. The van der Waals surface area contributed by atoms with Crippen LogP contribution < -0.4 is 10.9 Å². The fourth-order valence-corrected chi connectivity index (χ4v) is 5.77. The van der Waals surface area contributed by atoms with Crippen LogP contribution in [0.2, 0.25) is 0 Å². The maximum absolute atomic E-state index is 13.2. The Labute approximate surface area is 170 Å². The van der Waals surface area contributed by atoms with Crippen molar-refractivity contribution in [1.82, 2.24) is 9.55 Å². The summed E-state index contributed by atoms with van der Waals surface area (Å²) < 4.78 is 1.79. The summed E-state index contributed by atoms with van der Waals surface area (Å²) in [6.07, 6.45) is 2.59. The summed E-state index contributed by atoms with van der Waals surface area (Å²) in [5.74, 6) is -0.214. The van der Waals surface area contributed by atoms with Gasteiger partial charge in [0.2, 0.25) is 0 Å². The molecule has 0 bridgehead atoms. The van der Waals surface area contributed by atoms with Crippen molar-refractivity contribution < 1.29 is 9.90 Å². The molecule has 0 fully saturated rings. The van der Waals surface area contributed by atoms with Crippen LogP contribution in [0.4, 0.5) is 0 Å². The zero-order chi connectivity index (χ0) is 20.0. The summed E-state index contributed by atoms with van der Waals surface area (Å²) in [6, 6.07) is 3.95. The third-order valence-corrected chi connectivity index (χ3v) is 7.59. The standard InChI is InChI=1S/C23H21N2O3P/c1-10-11-3-2-4-12-15-9-25-17(21(15)24-16(20(11)12)8-19(10)29)7-14-13(23(25)28)5-6-18(26)22(14)27/h7-8,22,27H,2-6,9,29H2,1H3. The molecule has 3 aliphatic rings. The molecular weight excluding hydrogens is 383 g/mol. The molecular formula is C23H21N2O3P. The molecule has 1 aromatic carbocycles. The third kappa shape index (κ3) is 2.20. The molecule has 1 N–H and O–H groups in total. The minimum absolute atomic E-state index is 0.0859. The number of fused-ring (bicyclic) bond motifs is 5.